The first-order valence-electron chi connectivity index (χ1n) is 5.85. The molecule has 0 aliphatic rings. The Morgan fingerprint density at radius 2 is 2.22 bits per heavy atom. The quantitative estimate of drug-likeness (QED) is 0.847. The Kier molecular flexibility index (Phi) is 5.75. The van der Waals surface area contributed by atoms with Crippen LogP contribution in [0.4, 0.5) is 4.39 Å². The van der Waals surface area contributed by atoms with Crippen LogP contribution in [0.1, 0.15) is 25.8 Å². The Balaban J connectivity index is 2.73. The summed E-state index contributed by atoms with van der Waals surface area (Å²) in [6.07, 6.45) is 0.755. The average Bonchev–Trinajstić information content (AvgIpc) is 2.32. The predicted molar refractivity (Wildman–Crippen MR) is 71.8 cm³/mol. The Labute approximate surface area is 115 Å². The summed E-state index contributed by atoms with van der Waals surface area (Å²) in [4.78, 5) is 11.1. The van der Waals surface area contributed by atoms with E-state index in [1.165, 1.54) is 6.07 Å². The fourth-order valence-corrected chi connectivity index (χ4v) is 2.07. The van der Waals surface area contributed by atoms with E-state index in [0.29, 0.717) is 5.56 Å². The lowest BCUT2D eigenvalue weighted by atomic mass is 9.99. The molecule has 2 N–H and O–H groups in total. The van der Waals surface area contributed by atoms with Crippen LogP contribution < -0.4 is 5.32 Å². The standard InChI is InChI=1S/C13H17BrFNO2/c1-3-8(2)12(13(17)18)16-7-9-6-10(14)4-5-11(9)15/h4-6,8,12,16H,3,7H2,1-2H3,(H,17,18)/t8-,12-/m0/s1. The minimum atomic E-state index is -0.903. The van der Waals surface area contributed by atoms with Crippen LogP contribution in [0, 0.1) is 11.7 Å². The summed E-state index contributed by atoms with van der Waals surface area (Å²) in [6.45, 7) is 4.00. The third-order valence-corrected chi connectivity index (χ3v) is 3.49. The largest absolute Gasteiger partial charge is 0.480 e. The van der Waals surface area contributed by atoms with Crippen LogP contribution in [0.2, 0.25) is 0 Å². The molecule has 0 spiro atoms. The summed E-state index contributed by atoms with van der Waals surface area (Å²) in [5, 5.41) is 12.0. The highest BCUT2D eigenvalue weighted by Gasteiger charge is 2.22. The van der Waals surface area contributed by atoms with Gasteiger partial charge >= 0.3 is 5.97 Å². The number of carbonyl (C=O) groups is 1. The maximum atomic E-state index is 13.5. The molecule has 0 fully saturated rings. The van der Waals surface area contributed by atoms with Crippen molar-refractivity contribution in [1.82, 2.24) is 5.32 Å². The number of halogens is 2. The van der Waals surface area contributed by atoms with Crippen molar-refractivity contribution >= 4 is 21.9 Å². The molecule has 1 aromatic rings. The second-order valence-corrected chi connectivity index (χ2v) is 5.23. The van der Waals surface area contributed by atoms with E-state index in [2.05, 4.69) is 21.2 Å². The van der Waals surface area contributed by atoms with Crippen LogP contribution in [0.15, 0.2) is 22.7 Å². The maximum Gasteiger partial charge on any atom is 0.320 e. The van der Waals surface area contributed by atoms with Crippen LogP contribution in [-0.4, -0.2) is 17.1 Å². The number of aliphatic carboxylic acids is 1. The molecule has 0 heterocycles. The van der Waals surface area contributed by atoms with Gasteiger partial charge in [-0.3, -0.25) is 10.1 Å². The van der Waals surface area contributed by atoms with Crippen molar-refractivity contribution in [2.75, 3.05) is 0 Å². The molecule has 3 nitrogen and oxygen atoms in total. The van der Waals surface area contributed by atoms with Crippen molar-refractivity contribution in [3.63, 3.8) is 0 Å². The van der Waals surface area contributed by atoms with Crippen molar-refractivity contribution < 1.29 is 14.3 Å². The summed E-state index contributed by atoms with van der Waals surface area (Å²) in [6, 6.07) is 3.97. The number of rotatable bonds is 6. The smallest absolute Gasteiger partial charge is 0.320 e. The average molecular weight is 318 g/mol. The molecule has 2 atom stereocenters. The maximum absolute atomic E-state index is 13.5. The van der Waals surface area contributed by atoms with Crippen LogP contribution >= 0.6 is 15.9 Å². The summed E-state index contributed by atoms with van der Waals surface area (Å²) < 4.78 is 14.3. The van der Waals surface area contributed by atoms with Gasteiger partial charge in [-0.15, -0.1) is 0 Å². The Bertz CT molecular complexity index is 425. The van der Waals surface area contributed by atoms with Gasteiger partial charge in [0.15, 0.2) is 0 Å². The van der Waals surface area contributed by atoms with Gasteiger partial charge < -0.3 is 5.11 Å². The summed E-state index contributed by atoms with van der Waals surface area (Å²) in [7, 11) is 0. The van der Waals surface area contributed by atoms with Crippen molar-refractivity contribution in [3.8, 4) is 0 Å². The molecule has 0 amide bonds. The zero-order chi connectivity index (χ0) is 13.7. The minimum Gasteiger partial charge on any atom is -0.480 e. The van der Waals surface area contributed by atoms with E-state index in [1.54, 1.807) is 12.1 Å². The van der Waals surface area contributed by atoms with E-state index in [1.807, 2.05) is 13.8 Å². The highest BCUT2D eigenvalue weighted by atomic mass is 79.9. The zero-order valence-electron chi connectivity index (χ0n) is 10.4. The highest BCUT2D eigenvalue weighted by molar-refractivity contribution is 9.10. The molecule has 0 unspecified atom stereocenters. The first-order chi connectivity index (χ1) is 8.45. The van der Waals surface area contributed by atoms with Crippen molar-refractivity contribution in [2.24, 2.45) is 5.92 Å². The molecule has 5 heteroatoms. The molecule has 0 saturated carbocycles. The SMILES string of the molecule is CC[C@H](C)[C@H](NCc1cc(Br)ccc1F)C(=O)O. The molecule has 0 radical (unpaired) electrons. The normalized spacial score (nSPS) is 14.2. The first kappa shape index (κ1) is 15.1. The van der Waals surface area contributed by atoms with Gasteiger partial charge in [0.2, 0.25) is 0 Å². The Hall–Kier alpha value is -0.940. The highest BCUT2D eigenvalue weighted by Crippen LogP contribution is 2.16. The lowest BCUT2D eigenvalue weighted by Crippen LogP contribution is -2.41. The number of carboxylic acid groups (broad SMARTS) is 1. The van der Waals surface area contributed by atoms with Gasteiger partial charge in [-0.05, 0) is 24.1 Å². The molecule has 18 heavy (non-hydrogen) atoms. The topological polar surface area (TPSA) is 49.3 Å². The Morgan fingerprint density at radius 3 is 2.78 bits per heavy atom. The van der Waals surface area contributed by atoms with E-state index in [4.69, 9.17) is 5.11 Å². The van der Waals surface area contributed by atoms with Crippen LogP contribution in [0.5, 0.6) is 0 Å². The van der Waals surface area contributed by atoms with Crippen molar-refractivity contribution in [1.29, 1.82) is 0 Å². The van der Waals surface area contributed by atoms with Crippen LogP contribution in [-0.2, 0) is 11.3 Å². The molecule has 0 aromatic heterocycles. The number of benzene rings is 1. The summed E-state index contributed by atoms with van der Waals surface area (Å²) in [5.41, 5.74) is 0.457. The van der Waals surface area contributed by atoms with Gasteiger partial charge in [-0.2, -0.15) is 0 Å². The minimum absolute atomic E-state index is 0.00212. The van der Waals surface area contributed by atoms with Gasteiger partial charge in [0.25, 0.3) is 0 Å². The monoisotopic (exact) mass is 317 g/mol. The molecule has 0 saturated heterocycles. The fraction of sp³-hybridized carbons (Fsp3) is 0.462. The number of nitrogens with one attached hydrogen (secondary N) is 1. The number of hydrogen-bond acceptors (Lipinski definition) is 2. The fourth-order valence-electron chi connectivity index (χ4n) is 1.67. The molecule has 0 aliphatic heterocycles. The predicted octanol–water partition coefficient (Wildman–Crippen LogP) is 3.18. The first-order valence-corrected chi connectivity index (χ1v) is 6.65. The molecular formula is C13H17BrFNO2. The lowest BCUT2D eigenvalue weighted by Gasteiger charge is -2.20. The molecule has 0 bridgehead atoms. The lowest BCUT2D eigenvalue weighted by molar-refractivity contribution is -0.140. The van der Waals surface area contributed by atoms with Crippen molar-refractivity contribution in [3.05, 3.63) is 34.1 Å². The molecular weight excluding hydrogens is 301 g/mol. The van der Waals surface area contributed by atoms with E-state index in [9.17, 15) is 9.18 Å². The van der Waals surface area contributed by atoms with Crippen LogP contribution in [0.3, 0.4) is 0 Å². The van der Waals surface area contributed by atoms with Gasteiger partial charge in [0, 0.05) is 16.6 Å². The third kappa shape index (κ3) is 4.07. The molecule has 1 rings (SSSR count). The summed E-state index contributed by atoms with van der Waals surface area (Å²) >= 11 is 3.26. The van der Waals surface area contributed by atoms with Crippen LogP contribution in [0.25, 0.3) is 0 Å². The van der Waals surface area contributed by atoms with E-state index < -0.39 is 12.0 Å². The molecule has 1 aromatic carbocycles. The van der Waals surface area contributed by atoms with Gasteiger partial charge in [0.05, 0.1) is 0 Å². The van der Waals surface area contributed by atoms with Gasteiger partial charge in [-0.25, -0.2) is 4.39 Å². The number of carboxylic acids is 1. The van der Waals surface area contributed by atoms with E-state index in [-0.39, 0.29) is 18.3 Å². The Morgan fingerprint density at radius 1 is 1.56 bits per heavy atom. The van der Waals surface area contributed by atoms with Gasteiger partial charge in [0.1, 0.15) is 11.9 Å². The third-order valence-electron chi connectivity index (χ3n) is 3.00. The van der Waals surface area contributed by atoms with E-state index in [0.717, 1.165) is 10.9 Å². The zero-order valence-corrected chi connectivity index (χ0v) is 12.0. The second kappa shape index (κ2) is 6.85. The number of hydrogen-bond donors (Lipinski definition) is 2. The molecule has 100 valence electrons. The van der Waals surface area contributed by atoms with Crippen molar-refractivity contribution in [2.45, 2.75) is 32.9 Å². The second-order valence-electron chi connectivity index (χ2n) is 4.32. The summed E-state index contributed by atoms with van der Waals surface area (Å²) in [5.74, 6) is -1.24. The molecule has 0 aliphatic carbocycles. The van der Waals surface area contributed by atoms with E-state index >= 15 is 0 Å². The van der Waals surface area contributed by atoms with Gasteiger partial charge in [-0.1, -0.05) is 36.2 Å².